The lowest BCUT2D eigenvalue weighted by molar-refractivity contribution is 0.128. The Morgan fingerprint density at radius 3 is 2.00 bits per heavy atom. The van der Waals surface area contributed by atoms with E-state index in [9.17, 15) is 0 Å². The third-order valence-electron chi connectivity index (χ3n) is 3.71. The van der Waals surface area contributed by atoms with Crippen LogP contribution in [-0.4, -0.2) is 41.7 Å². The molecule has 1 heterocycles. The smallest absolute Gasteiger partial charge is 0.0681 e. The molecular formula is C15H24N2O. The summed E-state index contributed by atoms with van der Waals surface area (Å²) in [6.45, 7) is 11.3. The first kappa shape index (κ1) is 13.4. The minimum Gasteiger partial charge on any atom is -0.392 e. The molecule has 18 heavy (non-hydrogen) atoms. The number of aliphatic hydroxyl groups is 1. The molecule has 0 atom stereocenters. The molecule has 0 aliphatic carbocycles. The summed E-state index contributed by atoms with van der Waals surface area (Å²) in [6, 6.07) is 8.23. The van der Waals surface area contributed by atoms with Crippen molar-refractivity contribution in [2.75, 3.05) is 31.1 Å². The molecule has 1 aliphatic rings. The summed E-state index contributed by atoms with van der Waals surface area (Å²) in [4.78, 5) is 4.95. The Bertz CT molecular complexity index is 372. The second-order valence-electron chi connectivity index (χ2n) is 5.97. The first-order valence-corrected chi connectivity index (χ1v) is 6.70. The predicted octanol–water partition coefficient (Wildman–Crippen LogP) is 2.10. The number of anilines is 1. The van der Waals surface area contributed by atoms with E-state index in [4.69, 9.17) is 5.11 Å². The summed E-state index contributed by atoms with van der Waals surface area (Å²) in [5, 5.41) is 9.04. The van der Waals surface area contributed by atoms with Crippen molar-refractivity contribution in [3.05, 3.63) is 29.8 Å². The number of hydrogen-bond acceptors (Lipinski definition) is 3. The predicted molar refractivity (Wildman–Crippen MR) is 75.9 cm³/mol. The van der Waals surface area contributed by atoms with Crippen molar-refractivity contribution < 1.29 is 5.11 Å². The van der Waals surface area contributed by atoms with E-state index in [0.29, 0.717) is 0 Å². The van der Waals surface area contributed by atoms with Crippen LogP contribution in [-0.2, 0) is 6.61 Å². The third-order valence-corrected chi connectivity index (χ3v) is 3.71. The van der Waals surface area contributed by atoms with Crippen LogP contribution in [0.4, 0.5) is 5.69 Å². The zero-order valence-corrected chi connectivity index (χ0v) is 11.7. The molecule has 1 N–H and O–H groups in total. The summed E-state index contributed by atoms with van der Waals surface area (Å²) >= 11 is 0. The van der Waals surface area contributed by atoms with Gasteiger partial charge in [-0.25, -0.2) is 0 Å². The molecule has 0 aromatic heterocycles. The molecule has 0 unspecified atom stereocenters. The van der Waals surface area contributed by atoms with E-state index in [2.05, 4.69) is 42.7 Å². The Labute approximate surface area is 110 Å². The van der Waals surface area contributed by atoms with E-state index >= 15 is 0 Å². The number of rotatable bonds is 2. The average Bonchev–Trinajstić information content (AvgIpc) is 2.38. The molecule has 0 saturated carbocycles. The van der Waals surface area contributed by atoms with Gasteiger partial charge in [0.15, 0.2) is 0 Å². The van der Waals surface area contributed by atoms with E-state index in [1.165, 1.54) is 5.69 Å². The monoisotopic (exact) mass is 248 g/mol. The summed E-state index contributed by atoms with van der Waals surface area (Å²) in [5.41, 5.74) is 2.51. The minimum atomic E-state index is 0.123. The fourth-order valence-electron chi connectivity index (χ4n) is 2.45. The quantitative estimate of drug-likeness (QED) is 0.868. The lowest BCUT2D eigenvalue weighted by Crippen LogP contribution is -2.53. The Balaban J connectivity index is 1.96. The van der Waals surface area contributed by atoms with E-state index in [0.717, 1.165) is 31.7 Å². The highest BCUT2D eigenvalue weighted by molar-refractivity contribution is 5.48. The van der Waals surface area contributed by atoms with Crippen LogP contribution in [0.3, 0.4) is 0 Å². The van der Waals surface area contributed by atoms with Crippen LogP contribution in [0.15, 0.2) is 24.3 Å². The molecule has 1 aromatic carbocycles. The van der Waals surface area contributed by atoms with Gasteiger partial charge in [0.1, 0.15) is 0 Å². The molecular weight excluding hydrogens is 224 g/mol. The fourth-order valence-corrected chi connectivity index (χ4v) is 2.45. The maximum Gasteiger partial charge on any atom is 0.0681 e. The molecule has 2 rings (SSSR count). The van der Waals surface area contributed by atoms with Gasteiger partial charge in [0.2, 0.25) is 0 Å². The Morgan fingerprint density at radius 2 is 1.56 bits per heavy atom. The van der Waals surface area contributed by atoms with Crippen LogP contribution in [0.5, 0.6) is 0 Å². The summed E-state index contributed by atoms with van der Waals surface area (Å²) in [5.74, 6) is 0. The molecule has 3 heteroatoms. The van der Waals surface area contributed by atoms with Crippen LogP contribution >= 0.6 is 0 Å². The Kier molecular flexibility index (Phi) is 3.93. The van der Waals surface area contributed by atoms with Crippen LogP contribution in [0, 0.1) is 0 Å². The number of benzene rings is 1. The van der Waals surface area contributed by atoms with E-state index in [-0.39, 0.29) is 12.1 Å². The first-order valence-electron chi connectivity index (χ1n) is 6.70. The van der Waals surface area contributed by atoms with Gasteiger partial charge in [0.25, 0.3) is 0 Å². The highest BCUT2D eigenvalue weighted by Gasteiger charge is 2.25. The van der Waals surface area contributed by atoms with Gasteiger partial charge in [-0.05, 0) is 38.5 Å². The molecule has 1 saturated heterocycles. The average molecular weight is 248 g/mol. The van der Waals surface area contributed by atoms with Gasteiger partial charge in [-0.1, -0.05) is 12.1 Å². The maximum absolute atomic E-state index is 9.04. The summed E-state index contributed by atoms with van der Waals surface area (Å²) < 4.78 is 0. The van der Waals surface area contributed by atoms with Crippen molar-refractivity contribution in [2.24, 2.45) is 0 Å². The van der Waals surface area contributed by atoms with Crippen molar-refractivity contribution in [1.29, 1.82) is 0 Å². The second kappa shape index (κ2) is 5.29. The molecule has 0 bridgehead atoms. The molecule has 1 aromatic rings. The van der Waals surface area contributed by atoms with E-state index in [1.54, 1.807) is 0 Å². The van der Waals surface area contributed by atoms with E-state index in [1.807, 2.05) is 12.1 Å². The SMILES string of the molecule is CC(C)(C)N1CCN(c2ccc(CO)cc2)CC1. The number of aliphatic hydroxyl groups excluding tert-OH is 1. The van der Waals surface area contributed by atoms with Crippen molar-refractivity contribution in [3.8, 4) is 0 Å². The molecule has 0 spiro atoms. The second-order valence-corrected chi connectivity index (χ2v) is 5.97. The molecule has 0 amide bonds. The van der Waals surface area contributed by atoms with Crippen molar-refractivity contribution in [3.63, 3.8) is 0 Å². The third kappa shape index (κ3) is 3.03. The summed E-state index contributed by atoms with van der Waals surface area (Å²) in [6.07, 6.45) is 0. The molecule has 3 nitrogen and oxygen atoms in total. The van der Waals surface area contributed by atoms with Gasteiger partial charge in [0.05, 0.1) is 6.61 Å². The van der Waals surface area contributed by atoms with Gasteiger partial charge in [0, 0.05) is 37.4 Å². The normalized spacial score (nSPS) is 18.1. The lowest BCUT2D eigenvalue weighted by atomic mass is 10.0. The molecule has 0 radical (unpaired) electrons. The number of piperazine rings is 1. The van der Waals surface area contributed by atoms with Crippen LogP contribution in [0.25, 0.3) is 0 Å². The minimum absolute atomic E-state index is 0.123. The maximum atomic E-state index is 9.04. The van der Waals surface area contributed by atoms with Gasteiger partial charge in [-0.15, -0.1) is 0 Å². The zero-order chi connectivity index (χ0) is 13.2. The molecule has 1 aliphatic heterocycles. The van der Waals surface area contributed by atoms with Gasteiger partial charge >= 0.3 is 0 Å². The van der Waals surface area contributed by atoms with Gasteiger partial charge in [-0.3, -0.25) is 4.90 Å². The van der Waals surface area contributed by atoms with Crippen LogP contribution in [0.1, 0.15) is 26.3 Å². The zero-order valence-electron chi connectivity index (χ0n) is 11.7. The summed E-state index contributed by atoms with van der Waals surface area (Å²) in [7, 11) is 0. The number of hydrogen-bond donors (Lipinski definition) is 1. The van der Waals surface area contributed by atoms with Crippen molar-refractivity contribution in [2.45, 2.75) is 32.9 Å². The molecule has 100 valence electrons. The lowest BCUT2D eigenvalue weighted by Gasteiger charge is -2.43. The largest absolute Gasteiger partial charge is 0.392 e. The molecule has 1 fully saturated rings. The van der Waals surface area contributed by atoms with Crippen LogP contribution < -0.4 is 4.90 Å². The van der Waals surface area contributed by atoms with E-state index < -0.39 is 0 Å². The first-order chi connectivity index (χ1) is 8.50. The Morgan fingerprint density at radius 1 is 1.00 bits per heavy atom. The highest BCUT2D eigenvalue weighted by Crippen LogP contribution is 2.21. The standard InChI is InChI=1S/C15H24N2O/c1-15(2,3)17-10-8-16(9-11-17)14-6-4-13(12-18)5-7-14/h4-7,18H,8-12H2,1-3H3. The van der Waals surface area contributed by atoms with Crippen molar-refractivity contribution >= 4 is 5.69 Å². The Hall–Kier alpha value is -1.06. The fraction of sp³-hybridized carbons (Fsp3) is 0.600. The van der Waals surface area contributed by atoms with Crippen molar-refractivity contribution in [1.82, 2.24) is 4.90 Å². The van der Waals surface area contributed by atoms with Gasteiger partial charge < -0.3 is 10.0 Å². The highest BCUT2D eigenvalue weighted by atomic mass is 16.3. The number of nitrogens with zero attached hydrogens (tertiary/aromatic N) is 2. The topological polar surface area (TPSA) is 26.7 Å². The van der Waals surface area contributed by atoms with Crippen LogP contribution in [0.2, 0.25) is 0 Å². The van der Waals surface area contributed by atoms with Gasteiger partial charge in [-0.2, -0.15) is 0 Å².